The third-order valence-electron chi connectivity index (χ3n) is 7.47. The fraction of sp³-hybridized carbons (Fsp3) is 0.423. The van der Waals surface area contributed by atoms with Crippen molar-refractivity contribution in [2.24, 2.45) is 5.92 Å². The van der Waals surface area contributed by atoms with E-state index in [1.165, 1.54) is 11.3 Å². The number of aromatic nitrogens is 1. The normalized spacial score (nSPS) is 23.2. The molecule has 0 radical (unpaired) electrons. The molecule has 184 valence electrons. The minimum absolute atomic E-state index is 0.0289. The summed E-state index contributed by atoms with van der Waals surface area (Å²) in [4.78, 5) is 16.1. The molecule has 0 aliphatic carbocycles. The summed E-state index contributed by atoms with van der Waals surface area (Å²) < 4.78 is 35.7. The molecule has 3 aliphatic heterocycles. The Morgan fingerprint density at radius 1 is 0.943 bits per heavy atom. The summed E-state index contributed by atoms with van der Waals surface area (Å²) >= 11 is 1.26. The fourth-order valence-corrected chi connectivity index (χ4v) is 8.47. The Labute approximate surface area is 209 Å². The number of pyridine rings is 1. The molecule has 5 heterocycles. The number of hydrogen-bond acceptors (Lipinski definition) is 6. The van der Waals surface area contributed by atoms with Crippen LogP contribution < -0.4 is 5.56 Å². The van der Waals surface area contributed by atoms with Gasteiger partial charge in [0.25, 0.3) is 15.6 Å². The van der Waals surface area contributed by atoms with Crippen molar-refractivity contribution in [2.45, 2.75) is 29.6 Å². The van der Waals surface area contributed by atoms with E-state index in [0.717, 1.165) is 61.7 Å². The first-order valence-corrected chi connectivity index (χ1v) is 14.5. The molecule has 2 bridgehead atoms. The number of thiophene rings is 1. The Morgan fingerprint density at radius 2 is 1.77 bits per heavy atom. The van der Waals surface area contributed by atoms with Crippen molar-refractivity contribution in [3.05, 3.63) is 75.5 Å². The number of rotatable bonds is 5. The summed E-state index contributed by atoms with van der Waals surface area (Å²) in [6, 6.07) is 15.6. The number of morpholine rings is 1. The van der Waals surface area contributed by atoms with E-state index in [0.29, 0.717) is 23.8 Å². The molecule has 9 heteroatoms. The SMILES string of the molecule is O=c1c(-c2ccccc2CN2CCOCC2)ccc2n1C[C@@H]1C[C@@H]2CN(S(=O)(=O)c2cccs2)C1. The van der Waals surface area contributed by atoms with Crippen LogP contribution in [0.2, 0.25) is 0 Å². The number of piperidine rings is 1. The highest BCUT2D eigenvalue weighted by molar-refractivity contribution is 7.91. The van der Waals surface area contributed by atoms with Gasteiger partial charge >= 0.3 is 0 Å². The van der Waals surface area contributed by atoms with E-state index in [1.54, 1.807) is 21.8 Å². The van der Waals surface area contributed by atoms with Gasteiger partial charge in [0.2, 0.25) is 0 Å². The van der Waals surface area contributed by atoms with E-state index in [9.17, 15) is 13.2 Å². The van der Waals surface area contributed by atoms with Crippen LogP contribution in [0.5, 0.6) is 0 Å². The van der Waals surface area contributed by atoms with Crippen LogP contribution in [0.4, 0.5) is 0 Å². The van der Waals surface area contributed by atoms with Gasteiger partial charge in [0, 0.05) is 56.4 Å². The summed E-state index contributed by atoms with van der Waals surface area (Å²) in [5, 5.41) is 1.80. The van der Waals surface area contributed by atoms with Gasteiger partial charge in [0.05, 0.1) is 13.2 Å². The number of benzene rings is 1. The van der Waals surface area contributed by atoms with E-state index in [2.05, 4.69) is 11.0 Å². The quantitative estimate of drug-likeness (QED) is 0.526. The lowest BCUT2D eigenvalue weighted by Gasteiger charge is -2.42. The van der Waals surface area contributed by atoms with Gasteiger partial charge in [0.15, 0.2) is 0 Å². The largest absolute Gasteiger partial charge is 0.379 e. The van der Waals surface area contributed by atoms with Crippen LogP contribution in [0.25, 0.3) is 11.1 Å². The molecule has 0 spiro atoms. The average Bonchev–Trinajstić information content (AvgIpc) is 3.42. The predicted octanol–water partition coefficient (Wildman–Crippen LogP) is 3.22. The van der Waals surface area contributed by atoms with Gasteiger partial charge in [0.1, 0.15) is 4.21 Å². The monoisotopic (exact) mass is 511 g/mol. The number of fused-ring (bicyclic) bond motifs is 4. The van der Waals surface area contributed by atoms with Crippen LogP contribution in [0.3, 0.4) is 0 Å². The van der Waals surface area contributed by atoms with E-state index in [1.807, 2.05) is 34.9 Å². The molecule has 0 unspecified atom stereocenters. The Bertz CT molecular complexity index is 1380. The molecule has 0 saturated carbocycles. The average molecular weight is 512 g/mol. The molecule has 2 fully saturated rings. The predicted molar refractivity (Wildman–Crippen MR) is 136 cm³/mol. The van der Waals surface area contributed by atoms with Crippen molar-refractivity contribution < 1.29 is 13.2 Å². The van der Waals surface area contributed by atoms with Gasteiger partial charge in [-0.15, -0.1) is 11.3 Å². The Hall–Kier alpha value is -2.30. The highest BCUT2D eigenvalue weighted by Gasteiger charge is 2.40. The molecule has 6 rings (SSSR count). The smallest absolute Gasteiger partial charge is 0.258 e. The molecule has 3 aromatic rings. The molecule has 0 amide bonds. The summed E-state index contributed by atoms with van der Waals surface area (Å²) in [5.41, 5.74) is 3.83. The topological polar surface area (TPSA) is 71.8 Å². The van der Waals surface area contributed by atoms with Gasteiger partial charge in [-0.25, -0.2) is 8.42 Å². The lowest BCUT2D eigenvalue weighted by Crippen LogP contribution is -2.49. The molecule has 7 nitrogen and oxygen atoms in total. The first-order valence-electron chi connectivity index (χ1n) is 12.2. The minimum Gasteiger partial charge on any atom is -0.379 e. The molecular formula is C26H29N3O4S2. The van der Waals surface area contributed by atoms with Crippen LogP contribution in [-0.4, -0.2) is 61.6 Å². The molecule has 2 saturated heterocycles. The second-order valence-corrected chi connectivity index (χ2v) is 12.8. The van der Waals surface area contributed by atoms with Crippen molar-refractivity contribution in [3.8, 4) is 11.1 Å². The van der Waals surface area contributed by atoms with Gasteiger partial charge in [-0.1, -0.05) is 30.3 Å². The molecule has 2 aromatic heterocycles. The zero-order valence-electron chi connectivity index (χ0n) is 19.5. The van der Waals surface area contributed by atoms with E-state index < -0.39 is 10.0 Å². The first kappa shape index (κ1) is 23.1. The number of sulfonamides is 1. The summed E-state index contributed by atoms with van der Waals surface area (Å²) in [6.45, 7) is 5.50. The molecule has 0 N–H and O–H groups in total. The lowest BCUT2D eigenvalue weighted by atomic mass is 9.83. The Morgan fingerprint density at radius 3 is 2.57 bits per heavy atom. The number of nitrogens with zero attached hydrogens (tertiary/aromatic N) is 3. The Kier molecular flexibility index (Phi) is 6.14. The second-order valence-electron chi connectivity index (χ2n) is 9.69. The molecule has 1 aromatic carbocycles. The number of ether oxygens (including phenoxy) is 1. The first-order chi connectivity index (χ1) is 17.0. The fourth-order valence-electron chi connectivity index (χ4n) is 5.76. The second kappa shape index (κ2) is 9.29. The maximum atomic E-state index is 13.8. The zero-order chi connectivity index (χ0) is 24.0. The molecule has 35 heavy (non-hydrogen) atoms. The highest BCUT2D eigenvalue weighted by Crippen LogP contribution is 2.38. The van der Waals surface area contributed by atoms with E-state index in [4.69, 9.17) is 4.74 Å². The Balaban J connectivity index is 1.31. The van der Waals surface area contributed by atoms with Gasteiger partial charge in [-0.2, -0.15) is 4.31 Å². The van der Waals surface area contributed by atoms with Gasteiger partial charge < -0.3 is 9.30 Å². The standard InChI is InChI=1S/C26H29N3O4S2/c30-26-23(22-5-2-1-4-20(22)17-27-9-11-33-12-10-27)7-8-24-21-14-19(16-29(24)26)15-28(18-21)35(31,32)25-6-3-13-34-25/h1-8,13,19,21H,9-12,14-18H2/t19-,21-/m1/s1. The van der Waals surface area contributed by atoms with E-state index in [-0.39, 0.29) is 17.4 Å². The van der Waals surface area contributed by atoms with Crippen LogP contribution in [0, 0.1) is 5.92 Å². The van der Waals surface area contributed by atoms with Crippen LogP contribution in [-0.2, 0) is 27.8 Å². The van der Waals surface area contributed by atoms with Gasteiger partial charge in [-0.3, -0.25) is 9.69 Å². The van der Waals surface area contributed by atoms with Crippen molar-refractivity contribution >= 4 is 21.4 Å². The summed E-state index contributed by atoms with van der Waals surface area (Å²) in [5.74, 6) is 0.162. The van der Waals surface area contributed by atoms with Crippen LogP contribution in [0.1, 0.15) is 23.6 Å². The molecular weight excluding hydrogens is 482 g/mol. The van der Waals surface area contributed by atoms with E-state index >= 15 is 0 Å². The minimum atomic E-state index is -3.49. The van der Waals surface area contributed by atoms with Crippen molar-refractivity contribution in [1.82, 2.24) is 13.8 Å². The van der Waals surface area contributed by atoms with Crippen LogP contribution in [0.15, 0.2) is 62.9 Å². The third kappa shape index (κ3) is 4.29. The van der Waals surface area contributed by atoms with Crippen molar-refractivity contribution in [3.63, 3.8) is 0 Å². The lowest BCUT2D eigenvalue weighted by molar-refractivity contribution is 0.0342. The summed E-state index contributed by atoms with van der Waals surface area (Å²) in [7, 11) is -3.49. The van der Waals surface area contributed by atoms with Crippen molar-refractivity contribution in [2.75, 3.05) is 39.4 Å². The zero-order valence-corrected chi connectivity index (χ0v) is 21.1. The third-order valence-corrected chi connectivity index (χ3v) is 10.7. The maximum absolute atomic E-state index is 13.8. The van der Waals surface area contributed by atoms with Crippen LogP contribution >= 0.6 is 11.3 Å². The summed E-state index contributed by atoms with van der Waals surface area (Å²) in [6.07, 6.45) is 0.920. The maximum Gasteiger partial charge on any atom is 0.258 e. The highest BCUT2D eigenvalue weighted by atomic mass is 32.2. The molecule has 3 aliphatic rings. The van der Waals surface area contributed by atoms with Gasteiger partial charge in [-0.05, 0) is 47.0 Å². The number of hydrogen-bond donors (Lipinski definition) is 0. The van der Waals surface area contributed by atoms with Crippen molar-refractivity contribution in [1.29, 1.82) is 0 Å². The molecule has 2 atom stereocenters.